The Labute approximate surface area is 97.1 Å². The molecule has 1 atom stereocenters. The van der Waals surface area contributed by atoms with E-state index in [0.29, 0.717) is 6.61 Å². The molecule has 0 aromatic carbocycles. The molecular weight excluding hydrogens is 206 g/mol. The second-order valence-corrected chi connectivity index (χ2v) is 4.45. The molecule has 0 bridgehead atoms. The van der Waals surface area contributed by atoms with Crippen LogP contribution in [0.1, 0.15) is 19.8 Å². The predicted octanol–water partition coefficient (Wildman–Crippen LogP) is 0.0318. The van der Waals surface area contributed by atoms with Gasteiger partial charge >= 0.3 is 0 Å². The molecule has 1 rings (SSSR count). The van der Waals surface area contributed by atoms with Crippen LogP contribution in [0.25, 0.3) is 0 Å². The van der Waals surface area contributed by atoms with Crippen molar-refractivity contribution in [1.29, 1.82) is 5.41 Å². The van der Waals surface area contributed by atoms with Gasteiger partial charge in [0.05, 0.1) is 25.2 Å². The largest absolute Gasteiger partial charge is 0.394 e. The third-order valence-electron chi connectivity index (χ3n) is 3.04. The summed E-state index contributed by atoms with van der Waals surface area (Å²) in [6, 6.07) is 0. The van der Waals surface area contributed by atoms with Crippen molar-refractivity contribution < 1.29 is 9.84 Å². The standard InChI is InChI=1S/C11H23N3O2/c1-9(11(12)13)8-14-4-2-10(3-5-14)16-7-6-15/h9-10,15H,2-8H2,1H3,(H3,12,13). The third kappa shape index (κ3) is 4.47. The zero-order valence-electron chi connectivity index (χ0n) is 9.98. The molecule has 1 saturated heterocycles. The summed E-state index contributed by atoms with van der Waals surface area (Å²) in [5, 5.41) is 16.0. The molecule has 1 heterocycles. The molecule has 0 spiro atoms. The predicted molar refractivity (Wildman–Crippen MR) is 63.6 cm³/mol. The lowest BCUT2D eigenvalue weighted by Gasteiger charge is -2.33. The first-order valence-electron chi connectivity index (χ1n) is 5.92. The fraction of sp³-hybridized carbons (Fsp3) is 0.909. The first-order valence-corrected chi connectivity index (χ1v) is 5.92. The van der Waals surface area contributed by atoms with E-state index in [9.17, 15) is 0 Å². The molecule has 0 saturated carbocycles. The van der Waals surface area contributed by atoms with Crippen molar-refractivity contribution >= 4 is 5.84 Å². The Morgan fingerprint density at radius 2 is 2.19 bits per heavy atom. The number of nitrogens with zero attached hydrogens (tertiary/aromatic N) is 1. The summed E-state index contributed by atoms with van der Waals surface area (Å²) in [5.41, 5.74) is 5.45. The monoisotopic (exact) mass is 229 g/mol. The molecule has 0 aromatic heterocycles. The van der Waals surface area contributed by atoms with Crippen molar-refractivity contribution in [1.82, 2.24) is 4.90 Å². The van der Waals surface area contributed by atoms with Crippen LogP contribution in [-0.4, -0.2) is 54.8 Å². The number of aliphatic hydroxyl groups excluding tert-OH is 1. The number of hydrogen-bond acceptors (Lipinski definition) is 4. The second-order valence-electron chi connectivity index (χ2n) is 4.45. The quantitative estimate of drug-likeness (QED) is 0.443. The SMILES string of the molecule is CC(CN1CCC(OCCO)CC1)C(=N)N. The minimum Gasteiger partial charge on any atom is -0.394 e. The normalized spacial score (nSPS) is 20.9. The van der Waals surface area contributed by atoms with E-state index >= 15 is 0 Å². The second kappa shape index (κ2) is 6.83. The Morgan fingerprint density at radius 1 is 1.56 bits per heavy atom. The van der Waals surface area contributed by atoms with Gasteiger partial charge in [-0.15, -0.1) is 0 Å². The van der Waals surface area contributed by atoms with Crippen molar-refractivity contribution in [3.05, 3.63) is 0 Å². The number of nitrogens with two attached hydrogens (primary N) is 1. The molecule has 0 aliphatic carbocycles. The molecule has 1 unspecified atom stereocenters. The maximum absolute atomic E-state index is 8.66. The summed E-state index contributed by atoms with van der Waals surface area (Å²) in [5.74, 6) is 0.397. The van der Waals surface area contributed by atoms with Crippen molar-refractivity contribution in [2.75, 3.05) is 32.8 Å². The lowest BCUT2D eigenvalue weighted by Crippen LogP contribution is -2.41. The minimum atomic E-state index is 0.0988. The molecule has 1 aliphatic heterocycles. The van der Waals surface area contributed by atoms with Gasteiger partial charge in [-0.2, -0.15) is 0 Å². The molecule has 1 aliphatic rings. The average molecular weight is 229 g/mol. The van der Waals surface area contributed by atoms with Gasteiger partial charge in [-0.3, -0.25) is 5.41 Å². The van der Waals surface area contributed by atoms with Crippen molar-refractivity contribution in [2.45, 2.75) is 25.9 Å². The van der Waals surface area contributed by atoms with Crippen LogP contribution in [0.4, 0.5) is 0 Å². The van der Waals surface area contributed by atoms with E-state index in [-0.39, 0.29) is 24.5 Å². The van der Waals surface area contributed by atoms with Crippen LogP contribution in [0.3, 0.4) is 0 Å². The number of nitrogens with one attached hydrogen (secondary N) is 1. The maximum Gasteiger partial charge on any atom is 0.0947 e. The van der Waals surface area contributed by atoms with Crippen molar-refractivity contribution in [2.24, 2.45) is 11.7 Å². The molecule has 94 valence electrons. The number of ether oxygens (including phenoxy) is 1. The zero-order valence-corrected chi connectivity index (χ0v) is 9.98. The highest BCUT2D eigenvalue weighted by atomic mass is 16.5. The third-order valence-corrected chi connectivity index (χ3v) is 3.04. The highest BCUT2D eigenvalue weighted by molar-refractivity contribution is 5.79. The van der Waals surface area contributed by atoms with Gasteiger partial charge in [0.1, 0.15) is 0 Å². The van der Waals surface area contributed by atoms with Crippen LogP contribution in [0.15, 0.2) is 0 Å². The Hall–Kier alpha value is -0.650. The Bertz CT molecular complexity index is 215. The molecular formula is C11H23N3O2. The highest BCUT2D eigenvalue weighted by Crippen LogP contribution is 2.14. The van der Waals surface area contributed by atoms with E-state index in [1.54, 1.807) is 0 Å². The highest BCUT2D eigenvalue weighted by Gasteiger charge is 2.21. The van der Waals surface area contributed by atoms with E-state index in [0.717, 1.165) is 32.5 Å². The maximum atomic E-state index is 8.66. The fourth-order valence-corrected chi connectivity index (χ4v) is 1.96. The van der Waals surface area contributed by atoms with Crippen LogP contribution in [-0.2, 0) is 4.74 Å². The van der Waals surface area contributed by atoms with Gasteiger partial charge in [-0.25, -0.2) is 0 Å². The number of hydrogen-bond donors (Lipinski definition) is 3. The summed E-state index contributed by atoms with van der Waals surface area (Å²) < 4.78 is 5.49. The summed E-state index contributed by atoms with van der Waals surface area (Å²) in [6.07, 6.45) is 2.30. The van der Waals surface area contributed by atoms with Gasteiger partial charge in [0.2, 0.25) is 0 Å². The smallest absolute Gasteiger partial charge is 0.0947 e. The number of piperidine rings is 1. The molecule has 0 aromatic rings. The van der Waals surface area contributed by atoms with Gasteiger partial charge in [-0.1, -0.05) is 6.92 Å². The minimum absolute atomic E-state index is 0.0988. The van der Waals surface area contributed by atoms with E-state index in [2.05, 4.69) is 4.90 Å². The lowest BCUT2D eigenvalue weighted by atomic mass is 10.0. The van der Waals surface area contributed by atoms with E-state index in [1.165, 1.54) is 0 Å². The number of aliphatic hydroxyl groups is 1. The summed E-state index contributed by atoms with van der Waals surface area (Å²) in [6.45, 7) is 5.37. The lowest BCUT2D eigenvalue weighted by molar-refractivity contribution is -0.00854. The van der Waals surface area contributed by atoms with Crippen molar-refractivity contribution in [3.63, 3.8) is 0 Å². The Morgan fingerprint density at radius 3 is 2.69 bits per heavy atom. The topological polar surface area (TPSA) is 82.6 Å². The van der Waals surface area contributed by atoms with Gasteiger partial charge in [0, 0.05) is 25.6 Å². The van der Waals surface area contributed by atoms with Crippen LogP contribution in [0.2, 0.25) is 0 Å². The number of rotatable bonds is 6. The number of likely N-dealkylation sites (tertiary alicyclic amines) is 1. The van der Waals surface area contributed by atoms with E-state index < -0.39 is 0 Å². The Kier molecular flexibility index (Phi) is 5.73. The molecule has 5 nitrogen and oxygen atoms in total. The fourth-order valence-electron chi connectivity index (χ4n) is 1.96. The van der Waals surface area contributed by atoms with Gasteiger partial charge in [0.25, 0.3) is 0 Å². The first kappa shape index (κ1) is 13.4. The van der Waals surface area contributed by atoms with E-state index in [4.69, 9.17) is 21.0 Å². The Balaban J connectivity index is 2.19. The van der Waals surface area contributed by atoms with Crippen molar-refractivity contribution in [3.8, 4) is 0 Å². The van der Waals surface area contributed by atoms with Gasteiger partial charge < -0.3 is 20.5 Å². The van der Waals surface area contributed by atoms with E-state index in [1.807, 2.05) is 6.92 Å². The average Bonchev–Trinajstić information content (AvgIpc) is 2.28. The van der Waals surface area contributed by atoms with Crippen LogP contribution < -0.4 is 5.73 Å². The molecule has 0 radical (unpaired) electrons. The van der Waals surface area contributed by atoms with Crippen LogP contribution in [0.5, 0.6) is 0 Å². The molecule has 1 fully saturated rings. The summed E-state index contributed by atoms with van der Waals surface area (Å²) >= 11 is 0. The number of amidine groups is 1. The summed E-state index contributed by atoms with van der Waals surface area (Å²) in [4.78, 5) is 2.32. The molecule has 0 amide bonds. The van der Waals surface area contributed by atoms with Gasteiger partial charge in [-0.05, 0) is 12.8 Å². The molecule has 4 N–H and O–H groups in total. The van der Waals surface area contributed by atoms with Crippen LogP contribution in [0, 0.1) is 11.3 Å². The van der Waals surface area contributed by atoms with Gasteiger partial charge in [0.15, 0.2) is 0 Å². The zero-order chi connectivity index (χ0) is 12.0. The molecule has 5 heteroatoms. The first-order chi connectivity index (χ1) is 7.63. The van der Waals surface area contributed by atoms with Crippen LogP contribution >= 0.6 is 0 Å². The molecule has 16 heavy (non-hydrogen) atoms. The summed E-state index contributed by atoms with van der Waals surface area (Å²) in [7, 11) is 0.